The van der Waals surface area contributed by atoms with Crippen LogP contribution in [0, 0.1) is 5.92 Å². The third kappa shape index (κ3) is 3.13. The molecule has 0 aromatic heterocycles. The molecule has 0 bridgehead atoms. The van der Waals surface area contributed by atoms with Crippen LogP contribution in [0.4, 0.5) is 0 Å². The van der Waals surface area contributed by atoms with Gasteiger partial charge in [-0.2, -0.15) is 0 Å². The van der Waals surface area contributed by atoms with Crippen LogP contribution < -0.4 is 4.74 Å². The van der Waals surface area contributed by atoms with Crippen LogP contribution in [0.5, 0.6) is 5.75 Å². The van der Waals surface area contributed by atoms with E-state index in [1.807, 2.05) is 0 Å². The number of aromatic carboxylic acids is 1. The summed E-state index contributed by atoms with van der Waals surface area (Å²) in [6.07, 6.45) is 4.99. The fourth-order valence-corrected chi connectivity index (χ4v) is 2.10. The lowest BCUT2D eigenvalue weighted by Gasteiger charge is -2.25. The molecule has 4 heteroatoms. The van der Waals surface area contributed by atoms with Gasteiger partial charge in [-0.05, 0) is 30.5 Å². The van der Waals surface area contributed by atoms with E-state index in [4.69, 9.17) is 21.4 Å². The molecule has 0 aliphatic heterocycles. The molecule has 0 heterocycles. The van der Waals surface area contributed by atoms with E-state index in [2.05, 4.69) is 0 Å². The molecule has 2 rings (SSSR count). The highest BCUT2D eigenvalue weighted by atomic mass is 35.5. The van der Waals surface area contributed by atoms with Crippen molar-refractivity contribution in [1.82, 2.24) is 0 Å². The Hall–Kier alpha value is -1.22. The predicted octanol–water partition coefficient (Wildman–Crippen LogP) is 3.61. The maximum absolute atomic E-state index is 10.7. The topological polar surface area (TPSA) is 46.5 Å². The van der Waals surface area contributed by atoms with Crippen LogP contribution in [0.2, 0.25) is 5.02 Å². The largest absolute Gasteiger partial charge is 0.492 e. The second-order valence-electron chi connectivity index (χ2n) is 4.38. The summed E-state index contributed by atoms with van der Waals surface area (Å²) in [7, 11) is 0. The van der Waals surface area contributed by atoms with Crippen molar-refractivity contribution in [2.45, 2.75) is 25.7 Å². The van der Waals surface area contributed by atoms with Crippen molar-refractivity contribution in [2.75, 3.05) is 6.61 Å². The number of ether oxygens (including phenoxy) is 1. The van der Waals surface area contributed by atoms with Gasteiger partial charge in [0, 0.05) is 0 Å². The zero-order valence-corrected chi connectivity index (χ0v) is 10.2. The molecule has 0 atom stereocenters. The molecule has 0 spiro atoms. The molecule has 1 fully saturated rings. The molecule has 0 radical (unpaired) electrons. The van der Waals surface area contributed by atoms with Crippen LogP contribution in [0.15, 0.2) is 18.2 Å². The summed E-state index contributed by atoms with van der Waals surface area (Å²) < 4.78 is 5.55. The van der Waals surface area contributed by atoms with E-state index in [9.17, 15) is 4.79 Å². The zero-order chi connectivity index (χ0) is 12.3. The van der Waals surface area contributed by atoms with Crippen LogP contribution in [0.3, 0.4) is 0 Å². The van der Waals surface area contributed by atoms with Crippen LogP contribution in [0.25, 0.3) is 0 Å². The average Bonchev–Trinajstić information content (AvgIpc) is 2.23. The van der Waals surface area contributed by atoms with Gasteiger partial charge in [0.1, 0.15) is 5.75 Å². The lowest BCUT2D eigenvalue weighted by atomic mass is 9.83. The summed E-state index contributed by atoms with van der Waals surface area (Å²) in [5, 5.41) is 9.15. The molecule has 0 saturated heterocycles. The van der Waals surface area contributed by atoms with Gasteiger partial charge in [0.2, 0.25) is 0 Å². The van der Waals surface area contributed by atoms with Crippen molar-refractivity contribution in [3.8, 4) is 5.75 Å². The third-order valence-corrected chi connectivity index (χ3v) is 3.48. The minimum atomic E-state index is -0.979. The second-order valence-corrected chi connectivity index (χ2v) is 4.79. The Kier molecular flexibility index (Phi) is 3.89. The van der Waals surface area contributed by atoms with Crippen LogP contribution in [-0.4, -0.2) is 17.7 Å². The van der Waals surface area contributed by atoms with Gasteiger partial charge >= 0.3 is 5.97 Å². The average molecular weight is 255 g/mol. The summed E-state index contributed by atoms with van der Waals surface area (Å²) in [6, 6.07) is 4.54. The van der Waals surface area contributed by atoms with E-state index < -0.39 is 5.97 Å². The van der Waals surface area contributed by atoms with E-state index in [1.54, 1.807) is 6.07 Å². The fraction of sp³-hybridized carbons (Fsp3) is 0.462. The molecule has 1 N–H and O–H groups in total. The highest BCUT2D eigenvalue weighted by Gasteiger charge is 2.17. The molecule has 1 aromatic rings. The van der Waals surface area contributed by atoms with Crippen molar-refractivity contribution in [2.24, 2.45) is 5.92 Å². The normalized spacial score (nSPS) is 15.4. The van der Waals surface area contributed by atoms with Crippen molar-refractivity contribution in [3.63, 3.8) is 0 Å². The fourth-order valence-electron chi connectivity index (χ4n) is 1.87. The molecule has 1 aliphatic carbocycles. The van der Waals surface area contributed by atoms with Gasteiger partial charge in [0.05, 0.1) is 17.2 Å². The third-order valence-electron chi connectivity index (χ3n) is 3.19. The number of benzene rings is 1. The quantitative estimate of drug-likeness (QED) is 0.873. The first kappa shape index (κ1) is 12.2. The van der Waals surface area contributed by atoms with Crippen LogP contribution >= 0.6 is 11.6 Å². The number of rotatable bonds is 5. The van der Waals surface area contributed by atoms with E-state index in [1.165, 1.54) is 31.4 Å². The number of carboxylic acid groups (broad SMARTS) is 1. The number of hydrogen-bond acceptors (Lipinski definition) is 2. The van der Waals surface area contributed by atoms with Crippen molar-refractivity contribution in [1.29, 1.82) is 0 Å². The molecule has 3 nitrogen and oxygen atoms in total. The van der Waals surface area contributed by atoms with Gasteiger partial charge in [0.25, 0.3) is 0 Å². The molecule has 92 valence electrons. The van der Waals surface area contributed by atoms with Crippen molar-refractivity contribution in [3.05, 3.63) is 28.8 Å². The number of carbonyl (C=O) groups is 1. The second kappa shape index (κ2) is 5.41. The van der Waals surface area contributed by atoms with Gasteiger partial charge in [-0.1, -0.05) is 30.9 Å². The monoisotopic (exact) mass is 254 g/mol. The number of carboxylic acids is 1. The van der Waals surface area contributed by atoms with E-state index in [0.29, 0.717) is 17.4 Å². The minimum Gasteiger partial charge on any atom is -0.492 e. The Labute approximate surface area is 105 Å². The van der Waals surface area contributed by atoms with Gasteiger partial charge < -0.3 is 9.84 Å². The molecule has 1 aromatic carbocycles. The Bertz CT molecular complexity index is 413. The summed E-state index contributed by atoms with van der Waals surface area (Å²) in [5.41, 5.74) is 0.182. The Morgan fingerprint density at radius 2 is 2.24 bits per heavy atom. The lowest BCUT2D eigenvalue weighted by molar-refractivity contribution is 0.0697. The molecular formula is C13H15ClO3. The zero-order valence-electron chi connectivity index (χ0n) is 9.49. The van der Waals surface area contributed by atoms with Crippen LogP contribution in [0.1, 0.15) is 36.0 Å². The van der Waals surface area contributed by atoms with Gasteiger partial charge in [-0.3, -0.25) is 0 Å². The van der Waals surface area contributed by atoms with E-state index in [0.717, 1.165) is 12.3 Å². The molecule has 1 aliphatic rings. The number of halogens is 1. The van der Waals surface area contributed by atoms with Gasteiger partial charge in [-0.25, -0.2) is 4.79 Å². The van der Waals surface area contributed by atoms with Gasteiger partial charge in [-0.15, -0.1) is 0 Å². The first-order valence-corrected chi connectivity index (χ1v) is 6.20. The predicted molar refractivity (Wildman–Crippen MR) is 65.9 cm³/mol. The molecule has 0 amide bonds. The standard InChI is InChI=1S/C13H15ClO3/c14-11-8-10(13(15)16)4-5-12(11)17-7-6-9-2-1-3-9/h4-5,8-9H,1-3,6-7H2,(H,15,16). The Morgan fingerprint density at radius 1 is 1.47 bits per heavy atom. The summed E-state index contributed by atoms with van der Waals surface area (Å²) >= 11 is 5.95. The maximum atomic E-state index is 10.7. The summed E-state index contributed by atoms with van der Waals surface area (Å²) in [5.74, 6) is 0.385. The van der Waals surface area contributed by atoms with Crippen molar-refractivity contribution >= 4 is 17.6 Å². The smallest absolute Gasteiger partial charge is 0.335 e. The van der Waals surface area contributed by atoms with Gasteiger partial charge in [0.15, 0.2) is 0 Å². The summed E-state index contributed by atoms with van der Waals surface area (Å²) in [6.45, 7) is 0.650. The van der Waals surface area contributed by atoms with E-state index >= 15 is 0 Å². The first-order chi connectivity index (χ1) is 8.16. The lowest BCUT2D eigenvalue weighted by Crippen LogP contribution is -2.14. The molecule has 17 heavy (non-hydrogen) atoms. The minimum absolute atomic E-state index is 0.182. The first-order valence-electron chi connectivity index (χ1n) is 5.82. The van der Waals surface area contributed by atoms with Crippen LogP contribution in [-0.2, 0) is 0 Å². The molecule has 0 unspecified atom stereocenters. The number of hydrogen-bond donors (Lipinski definition) is 1. The molecule has 1 saturated carbocycles. The van der Waals surface area contributed by atoms with Crippen molar-refractivity contribution < 1.29 is 14.6 Å². The highest BCUT2D eigenvalue weighted by molar-refractivity contribution is 6.32. The Morgan fingerprint density at radius 3 is 2.76 bits per heavy atom. The Balaban J connectivity index is 1.89. The van der Waals surface area contributed by atoms with E-state index in [-0.39, 0.29) is 5.56 Å². The molecular weight excluding hydrogens is 240 g/mol. The maximum Gasteiger partial charge on any atom is 0.335 e. The SMILES string of the molecule is O=C(O)c1ccc(OCCC2CCC2)c(Cl)c1. The summed E-state index contributed by atoms with van der Waals surface area (Å²) in [4.78, 5) is 10.7. The highest BCUT2D eigenvalue weighted by Crippen LogP contribution is 2.30.